The summed E-state index contributed by atoms with van der Waals surface area (Å²) in [6.07, 6.45) is 11.1. The lowest BCUT2D eigenvalue weighted by molar-refractivity contribution is 0.106. The molecule has 2 unspecified atom stereocenters. The summed E-state index contributed by atoms with van der Waals surface area (Å²) in [6.45, 7) is 3.60. The number of benzene rings is 2. The molecule has 6 heteroatoms. The second-order valence-corrected chi connectivity index (χ2v) is 13.4. The molecule has 2 aromatic carbocycles. The molecule has 2 aliphatic heterocycles. The second-order valence-electron chi connectivity index (χ2n) is 11.0. The highest BCUT2D eigenvalue weighted by molar-refractivity contribution is 7.89. The van der Waals surface area contributed by atoms with Gasteiger partial charge in [0.15, 0.2) is 0 Å². The van der Waals surface area contributed by atoms with Gasteiger partial charge in [-0.2, -0.15) is 0 Å². The summed E-state index contributed by atoms with van der Waals surface area (Å²) in [7, 11) is -3.20. The van der Waals surface area contributed by atoms with E-state index in [4.69, 9.17) is 11.6 Å². The number of hydrogen-bond acceptors (Lipinski definition) is 3. The maximum absolute atomic E-state index is 12.8. The van der Waals surface area contributed by atoms with Crippen molar-refractivity contribution in [2.75, 3.05) is 31.9 Å². The largest absolute Gasteiger partial charge is 0.299 e. The zero-order valence-corrected chi connectivity index (χ0v) is 21.9. The van der Waals surface area contributed by atoms with Crippen molar-refractivity contribution in [3.63, 3.8) is 0 Å². The van der Waals surface area contributed by atoms with Crippen LogP contribution >= 0.6 is 11.6 Å². The zero-order valence-electron chi connectivity index (χ0n) is 20.3. The van der Waals surface area contributed by atoms with Crippen molar-refractivity contribution in [1.29, 1.82) is 0 Å². The highest BCUT2D eigenvalue weighted by Crippen LogP contribution is 2.42. The van der Waals surface area contributed by atoms with Crippen molar-refractivity contribution >= 4 is 21.6 Å². The van der Waals surface area contributed by atoms with E-state index in [1.54, 1.807) is 4.31 Å². The van der Waals surface area contributed by atoms with E-state index in [0.717, 1.165) is 17.9 Å². The lowest BCUT2D eigenvalue weighted by atomic mass is 9.85. The first-order chi connectivity index (χ1) is 17.0. The van der Waals surface area contributed by atoms with Crippen LogP contribution in [0.4, 0.5) is 0 Å². The number of sulfonamides is 1. The maximum Gasteiger partial charge on any atom is 0.217 e. The van der Waals surface area contributed by atoms with Gasteiger partial charge in [0.2, 0.25) is 10.0 Å². The fourth-order valence-electron chi connectivity index (χ4n) is 6.18. The fraction of sp³-hybridized carbons (Fsp3) is 0.517. The van der Waals surface area contributed by atoms with Gasteiger partial charge in [0.05, 0.1) is 5.75 Å². The molecule has 0 spiro atoms. The van der Waals surface area contributed by atoms with Crippen molar-refractivity contribution in [1.82, 2.24) is 9.21 Å². The van der Waals surface area contributed by atoms with Crippen LogP contribution in [-0.2, 0) is 22.9 Å². The molecule has 3 fully saturated rings. The Balaban J connectivity index is 1.16. The molecular formula is C29H35ClN2O2S. The van der Waals surface area contributed by atoms with Crippen LogP contribution in [0.3, 0.4) is 0 Å². The van der Waals surface area contributed by atoms with Gasteiger partial charge in [0.1, 0.15) is 0 Å². The van der Waals surface area contributed by atoms with Gasteiger partial charge >= 0.3 is 0 Å². The fourth-order valence-corrected chi connectivity index (χ4v) is 7.77. The Morgan fingerprint density at radius 1 is 1.03 bits per heavy atom. The average Bonchev–Trinajstić information content (AvgIpc) is 3.04. The van der Waals surface area contributed by atoms with Gasteiger partial charge in [0, 0.05) is 36.0 Å². The number of allylic oxidation sites excluding steroid dienone is 1. The third-order valence-electron chi connectivity index (χ3n) is 8.74. The van der Waals surface area contributed by atoms with Crippen molar-refractivity contribution in [3.05, 3.63) is 81.9 Å². The van der Waals surface area contributed by atoms with E-state index in [9.17, 15) is 8.42 Å². The van der Waals surface area contributed by atoms with E-state index in [-0.39, 0.29) is 5.75 Å². The van der Waals surface area contributed by atoms with Crippen LogP contribution in [-0.4, -0.2) is 55.6 Å². The highest BCUT2D eigenvalue weighted by atomic mass is 35.5. The van der Waals surface area contributed by atoms with E-state index in [0.29, 0.717) is 36.9 Å². The molecule has 4 nitrogen and oxygen atoms in total. The van der Waals surface area contributed by atoms with Gasteiger partial charge in [-0.3, -0.25) is 4.90 Å². The van der Waals surface area contributed by atoms with Crippen LogP contribution in [0.1, 0.15) is 59.8 Å². The first-order valence-electron chi connectivity index (χ1n) is 13.2. The van der Waals surface area contributed by atoms with Crippen LogP contribution in [0.5, 0.6) is 0 Å². The molecule has 4 aliphatic rings. The van der Waals surface area contributed by atoms with Crippen LogP contribution in [0.2, 0.25) is 5.02 Å². The Hall–Kier alpha value is -1.66. The molecule has 0 aromatic heterocycles. The van der Waals surface area contributed by atoms with Gasteiger partial charge in [-0.1, -0.05) is 60.5 Å². The van der Waals surface area contributed by atoms with Gasteiger partial charge in [0.25, 0.3) is 0 Å². The van der Waals surface area contributed by atoms with Gasteiger partial charge in [-0.05, 0) is 85.5 Å². The molecule has 2 aliphatic carbocycles. The van der Waals surface area contributed by atoms with E-state index < -0.39 is 10.0 Å². The summed E-state index contributed by atoms with van der Waals surface area (Å²) < 4.78 is 27.2. The number of fused-ring (bicyclic) bond motifs is 1. The minimum Gasteiger partial charge on any atom is -0.299 e. The standard InChI is InChI=1S/C29H35ClN2O2S/c30-26-9-2-7-22(15-26)16-28-27-17-23(10-11-24(27)18-29(28)31-12-4-13-31)25-19-32(20-25)35(33,34)14-3-8-21-5-1-6-21/h2-3,7-11,15,17,21,25,28-29H,1,4-6,12-14,16,18-20H2. The van der Waals surface area contributed by atoms with Crippen LogP contribution in [0, 0.1) is 5.92 Å². The van der Waals surface area contributed by atoms with Gasteiger partial charge in [-0.15, -0.1) is 0 Å². The molecule has 35 heavy (non-hydrogen) atoms. The maximum atomic E-state index is 12.8. The summed E-state index contributed by atoms with van der Waals surface area (Å²) >= 11 is 6.30. The topological polar surface area (TPSA) is 40.6 Å². The molecular weight excluding hydrogens is 476 g/mol. The lowest BCUT2D eigenvalue weighted by Crippen LogP contribution is -2.49. The smallest absolute Gasteiger partial charge is 0.217 e. The van der Waals surface area contributed by atoms with Crippen molar-refractivity contribution < 1.29 is 8.42 Å². The Bertz CT molecular complexity index is 1210. The van der Waals surface area contributed by atoms with Gasteiger partial charge < -0.3 is 0 Å². The monoisotopic (exact) mass is 510 g/mol. The minimum atomic E-state index is -3.20. The van der Waals surface area contributed by atoms with Crippen molar-refractivity contribution in [2.45, 2.75) is 56.4 Å². The van der Waals surface area contributed by atoms with Crippen LogP contribution in [0.15, 0.2) is 54.6 Å². The first-order valence-corrected chi connectivity index (χ1v) is 15.2. The molecule has 2 heterocycles. The summed E-state index contributed by atoms with van der Waals surface area (Å²) in [6, 6.07) is 15.8. The first kappa shape index (κ1) is 23.7. The number of hydrogen-bond donors (Lipinski definition) is 0. The number of likely N-dealkylation sites (tertiary alicyclic amines) is 1. The normalized spacial score (nSPS) is 25.9. The van der Waals surface area contributed by atoms with Crippen molar-refractivity contribution in [2.24, 2.45) is 5.92 Å². The Morgan fingerprint density at radius 2 is 1.86 bits per heavy atom. The van der Waals surface area contributed by atoms with Crippen LogP contribution in [0.25, 0.3) is 0 Å². The predicted octanol–water partition coefficient (Wildman–Crippen LogP) is 5.38. The number of nitrogens with zero attached hydrogens (tertiary/aromatic N) is 2. The molecule has 0 amide bonds. The summed E-state index contributed by atoms with van der Waals surface area (Å²) in [5.41, 5.74) is 5.51. The van der Waals surface area contributed by atoms with Gasteiger partial charge in [-0.25, -0.2) is 12.7 Å². The number of halogens is 1. The average molecular weight is 511 g/mol. The molecule has 2 aromatic rings. The second kappa shape index (κ2) is 9.66. The Kier molecular flexibility index (Phi) is 6.55. The molecule has 0 radical (unpaired) electrons. The number of rotatable bonds is 8. The van der Waals surface area contributed by atoms with E-state index in [1.165, 1.54) is 61.0 Å². The van der Waals surface area contributed by atoms with Crippen molar-refractivity contribution in [3.8, 4) is 0 Å². The summed E-state index contributed by atoms with van der Waals surface area (Å²) in [5.74, 6) is 1.49. The highest BCUT2D eigenvalue weighted by Gasteiger charge is 2.40. The van der Waals surface area contributed by atoms with E-state index in [1.807, 2.05) is 18.2 Å². The molecule has 1 saturated carbocycles. The molecule has 2 atom stereocenters. The SMILES string of the molecule is O=S(=O)(CC=CC1CCC1)N1CC(c2ccc3c(c2)C(Cc2cccc(Cl)c2)C(N2CCC2)C3)C1. The van der Waals surface area contributed by atoms with E-state index in [2.05, 4.69) is 41.3 Å². The minimum absolute atomic E-state index is 0.139. The quantitative estimate of drug-likeness (QED) is 0.447. The summed E-state index contributed by atoms with van der Waals surface area (Å²) in [4.78, 5) is 2.64. The third-order valence-corrected chi connectivity index (χ3v) is 10.7. The molecule has 186 valence electrons. The molecule has 0 N–H and O–H groups in total. The molecule has 6 rings (SSSR count). The predicted molar refractivity (Wildman–Crippen MR) is 143 cm³/mol. The van der Waals surface area contributed by atoms with Crippen LogP contribution < -0.4 is 0 Å². The summed E-state index contributed by atoms with van der Waals surface area (Å²) in [5, 5.41) is 0.799. The lowest BCUT2D eigenvalue weighted by Gasteiger charge is -2.40. The molecule has 2 saturated heterocycles. The van der Waals surface area contributed by atoms with E-state index >= 15 is 0 Å². The Labute approximate surface area is 215 Å². The Morgan fingerprint density at radius 3 is 2.54 bits per heavy atom. The zero-order chi connectivity index (χ0) is 24.0. The third kappa shape index (κ3) is 4.85. The molecule has 0 bridgehead atoms.